The Balaban J connectivity index is 2.24. The Morgan fingerprint density at radius 1 is 1.21 bits per heavy atom. The van der Waals surface area contributed by atoms with Crippen molar-refractivity contribution in [2.75, 3.05) is 0 Å². The van der Waals surface area contributed by atoms with Gasteiger partial charge in [0.2, 0.25) is 0 Å². The lowest BCUT2D eigenvalue weighted by atomic mass is 9.99. The summed E-state index contributed by atoms with van der Waals surface area (Å²) in [6.07, 6.45) is 7.28. The fourth-order valence-corrected chi connectivity index (χ4v) is 1.72. The molecule has 0 heterocycles. The van der Waals surface area contributed by atoms with Gasteiger partial charge < -0.3 is 0 Å². The van der Waals surface area contributed by atoms with Crippen LogP contribution in [0.4, 0.5) is 0 Å². The second kappa shape index (κ2) is 4.02. The van der Waals surface area contributed by atoms with Gasteiger partial charge in [0, 0.05) is 0 Å². The maximum absolute atomic E-state index is 5.96. The number of hydrogen-bond acceptors (Lipinski definition) is 0. The number of rotatable bonds is 1. The molecule has 1 aliphatic carbocycles. The van der Waals surface area contributed by atoms with Gasteiger partial charge in [0.1, 0.15) is 0 Å². The molecule has 1 heteroatoms. The molecule has 1 aromatic carbocycles. The molecule has 72 valence electrons. The highest BCUT2D eigenvalue weighted by Gasteiger charge is 2.06. The van der Waals surface area contributed by atoms with Crippen molar-refractivity contribution in [2.45, 2.75) is 18.7 Å². The summed E-state index contributed by atoms with van der Waals surface area (Å²) in [6, 6.07) is 8.58. The van der Waals surface area contributed by atoms with Gasteiger partial charge in [-0.25, -0.2) is 0 Å². The molecule has 0 fully saturated rings. The van der Waals surface area contributed by atoms with Crippen molar-refractivity contribution in [3.8, 4) is 0 Å². The van der Waals surface area contributed by atoms with E-state index in [0.717, 1.165) is 6.42 Å². The van der Waals surface area contributed by atoms with E-state index in [2.05, 4.69) is 49.4 Å². The highest BCUT2D eigenvalue weighted by molar-refractivity contribution is 6.22. The molecule has 0 spiro atoms. The van der Waals surface area contributed by atoms with Crippen molar-refractivity contribution in [2.24, 2.45) is 0 Å². The first-order valence-corrected chi connectivity index (χ1v) is 5.29. The van der Waals surface area contributed by atoms with E-state index in [1.165, 1.54) is 16.7 Å². The standard InChI is InChI=1S/C13H13Cl/c1-10-2-4-11(5-3-10)12-6-8-13(14)9-7-12/h2-8,13H,9H2,1H3. The average Bonchev–Trinajstić information content (AvgIpc) is 2.21. The van der Waals surface area contributed by atoms with Crippen LogP contribution in [0, 0.1) is 6.92 Å². The van der Waals surface area contributed by atoms with Crippen LogP contribution in [-0.4, -0.2) is 5.38 Å². The smallest absolute Gasteiger partial charge is 0.0554 e. The van der Waals surface area contributed by atoms with Gasteiger partial charge >= 0.3 is 0 Å². The van der Waals surface area contributed by atoms with Crippen LogP contribution >= 0.6 is 11.6 Å². The normalized spacial score (nSPS) is 20.7. The van der Waals surface area contributed by atoms with Crippen LogP contribution in [0.15, 0.2) is 42.5 Å². The molecule has 14 heavy (non-hydrogen) atoms. The Hall–Kier alpha value is -1.01. The van der Waals surface area contributed by atoms with Crippen LogP contribution in [0.5, 0.6) is 0 Å². The number of halogens is 1. The summed E-state index contributed by atoms with van der Waals surface area (Å²) in [7, 11) is 0. The van der Waals surface area contributed by atoms with Crippen LogP contribution < -0.4 is 0 Å². The summed E-state index contributed by atoms with van der Waals surface area (Å²) < 4.78 is 0. The molecule has 0 radical (unpaired) electrons. The first kappa shape index (κ1) is 9.54. The topological polar surface area (TPSA) is 0 Å². The largest absolute Gasteiger partial charge is 0.118 e. The van der Waals surface area contributed by atoms with Gasteiger partial charge in [-0.1, -0.05) is 48.1 Å². The summed E-state index contributed by atoms with van der Waals surface area (Å²) in [5, 5.41) is 0.171. The van der Waals surface area contributed by atoms with Crippen molar-refractivity contribution in [3.05, 3.63) is 53.6 Å². The molecule has 2 rings (SSSR count). The summed E-state index contributed by atoms with van der Waals surface area (Å²) in [4.78, 5) is 0. The third-order valence-electron chi connectivity index (χ3n) is 2.43. The van der Waals surface area contributed by atoms with E-state index in [-0.39, 0.29) is 5.38 Å². The lowest BCUT2D eigenvalue weighted by Gasteiger charge is -2.10. The molecule has 1 atom stereocenters. The van der Waals surface area contributed by atoms with Crippen molar-refractivity contribution >= 4 is 17.2 Å². The van der Waals surface area contributed by atoms with E-state index in [1.807, 2.05) is 0 Å². The van der Waals surface area contributed by atoms with E-state index in [4.69, 9.17) is 11.6 Å². The molecule has 0 amide bonds. The second-order valence-corrected chi connectivity index (χ2v) is 4.20. The first-order chi connectivity index (χ1) is 6.75. The fourth-order valence-electron chi connectivity index (χ4n) is 1.55. The van der Waals surface area contributed by atoms with E-state index in [9.17, 15) is 0 Å². The molecule has 0 bridgehead atoms. The predicted molar refractivity (Wildman–Crippen MR) is 62.6 cm³/mol. The predicted octanol–water partition coefficient (Wildman–Crippen LogP) is 3.95. The minimum absolute atomic E-state index is 0.171. The molecule has 0 N–H and O–H groups in total. The molecular weight excluding hydrogens is 192 g/mol. The number of hydrogen-bond donors (Lipinski definition) is 0. The van der Waals surface area contributed by atoms with Crippen molar-refractivity contribution in [1.29, 1.82) is 0 Å². The summed E-state index contributed by atoms with van der Waals surface area (Å²) in [5.74, 6) is 0. The summed E-state index contributed by atoms with van der Waals surface area (Å²) in [6.45, 7) is 2.10. The van der Waals surface area contributed by atoms with Crippen molar-refractivity contribution in [3.63, 3.8) is 0 Å². The molecular formula is C13H13Cl. The van der Waals surface area contributed by atoms with Crippen LogP contribution in [0.2, 0.25) is 0 Å². The minimum atomic E-state index is 0.171. The molecule has 0 saturated carbocycles. The van der Waals surface area contributed by atoms with E-state index in [0.29, 0.717) is 0 Å². The highest BCUT2D eigenvalue weighted by atomic mass is 35.5. The molecule has 1 unspecified atom stereocenters. The SMILES string of the molecule is Cc1ccc(C2=CCC(Cl)C=C2)cc1. The molecule has 0 saturated heterocycles. The van der Waals surface area contributed by atoms with E-state index in [1.54, 1.807) is 0 Å². The quantitative estimate of drug-likeness (QED) is 0.608. The van der Waals surface area contributed by atoms with Crippen LogP contribution in [0.1, 0.15) is 17.5 Å². The van der Waals surface area contributed by atoms with Crippen molar-refractivity contribution in [1.82, 2.24) is 0 Å². The lowest BCUT2D eigenvalue weighted by molar-refractivity contribution is 1.05. The number of aryl methyl sites for hydroxylation is 1. The van der Waals surface area contributed by atoms with E-state index >= 15 is 0 Å². The van der Waals surface area contributed by atoms with Gasteiger partial charge in [0.25, 0.3) is 0 Å². The van der Waals surface area contributed by atoms with Gasteiger partial charge in [-0.3, -0.25) is 0 Å². The summed E-state index contributed by atoms with van der Waals surface area (Å²) in [5.41, 5.74) is 3.85. The zero-order chi connectivity index (χ0) is 9.97. The van der Waals surface area contributed by atoms with Crippen molar-refractivity contribution < 1.29 is 0 Å². The lowest BCUT2D eigenvalue weighted by Crippen LogP contribution is -1.96. The third kappa shape index (κ3) is 2.08. The number of allylic oxidation sites excluding steroid dienone is 4. The minimum Gasteiger partial charge on any atom is -0.118 e. The Morgan fingerprint density at radius 3 is 2.50 bits per heavy atom. The Bertz CT molecular complexity index is 371. The van der Waals surface area contributed by atoms with Gasteiger partial charge in [0.05, 0.1) is 5.38 Å². The number of benzene rings is 1. The zero-order valence-electron chi connectivity index (χ0n) is 8.20. The summed E-state index contributed by atoms with van der Waals surface area (Å²) >= 11 is 5.96. The molecule has 0 aromatic heterocycles. The van der Waals surface area contributed by atoms with Crippen LogP contribution in [0.3, 0.4) is 0 Å². The molecule has 0 aliphatic heterocycles. The first-order valence-electron chi connectivity index (χ1n) is 4.85. The molecule has 0 nitrogen and oxygen atoms in total. The molecule has 1 aliphatic rings. The van der Waals surface area contributed by atoms with E-state index < -0.39 is 0 Å². The van der Waals surface area contributed by atoms with Gasteiger partial charge in [-0.2, -0.15) is 0 Å². The van der Waals surface area contributed by atoms with Gasteiger partial charge in [0.15, 0.2) is 0 Å². The Morgan fingerprint density at radius 2 is 1.93 bits per heavy atom. The maximum atomic E-state index is 5.96. The maximum Gasteiger partial charge on any atom is 0.0554 e. The van der Waals surface area contributed by atoms with Crippen LogP contribution in [-0.2, 0) is 0 Å². The highest BCUT2D eigenvalue weighted by Crippen LogP contribution is 2.23. The Kier molecular flexibility index (Phi) is 2.74. The fraction of sp³-hybridized carbons (Fsp3) is 0.231. The Labute approximate surface area is 89.9 Å². The van der Waals surface area contributed by atoms with Crippen LogP contribution in [0.25, 0.3) is 5.57 Å². The zero-order valence-corrected chi connectivity index (χ0v) is 8.96. The molecule has 1 aromatic rings. The monoisotopic (exact) mass is 204 g/mol. The average molecular weight is 205 g/mol. The van der Waals surface area contributed by atoms with Gasteiger partial charge in [-0.15, -0.1) is 11.6 Å². The number of alkyl halides is 1. The second-order valence-electron chi connectivity index (χ2n) is 3.64. The van der Waals surface area contributed by atoms with Gasteiger partial charge in [-0.05, 0) is 24.5 Å². The third-order valence-corrected chi connectivity index (χ3v) is 2.76.